The Hall–Kier alpha value is -2.20. The number of carbonyl (C=O) groups is 2. The van der Waals surface area contributed by atoms with Crippen LogP contribution in [0.5, 0.6) is 0 Å². The Balaban J connectivity index is 1.88. The number of Topliss-reactive ketones (excluding diaryl/α,β-unsaturated/α-hetero) is 1. The largest absolute Gasteiger partial charge is 0.303 e. The van der Waals surface area contributed by atoms with Gasteiger partial charge in [-0.25, -0.2) is 0 Å². The van der Waals surface area contributed by atoms with Crippen LogP contribution in [-0.2, 0) is 11.2 Å². The Morgan fingerprint density at radius 2 is 1.95 bits per heavy atom. The summed E-state index contributed by atoms with van der Waals surface area (Å²) in [5, 5.41) is 0.419. The molecule has 0 bridgehead atoms. The van der Waals surface area contributed by atoms with Gasteiger partial charge in [0, 0.05) is 24.9 Å². The summed E-state index contributed by atoms with van der Waals surface area (Å²) >= 11 is 6.12. The maximum absolute atomic E-state index is 12.0. The summed E-state index contributed by atoms with van der Waals surface area (Å²) in [5.74, 6) is -1.02. The third-order valence-corrected chi connectivity index (χ3v) is 3.56. The molecule has 0 fully saturated rings. The van der Waals surface area contributed by atoms with E-state index in [-0.39, 0.29) is 0 Å². The molecule has 0 spiro atoms. The summed E-state index contributed by atoms with van der Waals surface area (Å²) in [4.78, 5) is 29.6. The van der Waals surface area contributed by atoms with E-state index < -0.39 is 11.7 Å². The molecule has 1 aromatic carbocycles. The summed E-state index contributed by atoms with van der Waals surface area (Å²) in [6.45, 7) is 0.387. The maximum atomic E-state index is 12.0. The lowest BCUT2D eigenvalue weighted by Gasteiger charge is -2.17. The first-order valence-corrected chi connectivity index (χ1v) is 6.61. The van der Waals surface area contributed by atoms with Crippen LogP contribution in [0.4, 0.5) is 5.69 Å². The van der Waals surface area contributed by atoms with Gasteiger partial charge in [0.15, 0.2) is 0 Å². The predicted octanol–water partition coefficient (Wildman–Crippen LogP) is 2.51. The molecule has 1 amide bonds. The number of nitrogens with zero attached hydrogens (tertiary/aromatic N) is 2. The number of ketones is 1. The number of benzene rings is 1. The monoisotopic (exact) mass is 286 g/mol. The molecule has 0 N–H and O–H groups in total. The highest BCUT2D eigenvalue weighted by atomic mass is 35.5. The van der Waals surface area contributed by atoms with Crippen molar-refractivity contribution < 1.29 is 9.59 Å². The first-order valence-electron chi connectivity index (χ1n) is 6.23. The Morgan fingerprint density at radius 1 is 1.10 bits per heavy atom. The summed E-state index contributed by atoms with van der Waals surface area (Å²) in [6.07, 6.45) is 2.28. The van der Waals surface area contributed by atoms with Crippen LogP contribution in [0.1, 0.15) is 16.1 Å². The van der Waals surface area contributed by atoms with Crippen molar-refractivity contribution in [3.63, 3.8) is 0 Å². The van der Waals surface area contributed by atoms with Crippen molar-refractivity contribution in [2.45, 2.75) is 6.42 Å². The van der Waals surface area contributed by atoms with Crippen molar-refractivity contribution >= 4 is 29.0 Å². The van der Waals surface area contributed by atoms with Crippen molar-refractivity contribution in [3.8, 4) is 0 Å². The number of hydrogen-bond acceptors (Lipinski definition) is 3. The van der Waals surface area contributed by atoms with Gasteiger partial charge in [0.25, 0.3) is 11.7 Å². The molecule has 20 heavy (non-hydrogen) atoms. The van der Waals surface area contributed by atoms with Gasteiger partial charge in [0.2, 0.25) is 0 Å². The average Bonchev–Trinajstić information content (AvgIpc) is 2.72. The molecule has 1 aliphatic rings. The van der Waals surface area contributed by atoms with E-state index in [0.717, 1.165) is 5.69 Å². The second kappa shape index (κ2) is 5.06. The van der Waals surface area contributed by atoms with Gasteiger partial charge in [-0.15, -0.1) is 0 Å². The predicted molar refractivity (Wildman–Crippen MR) is 76.1 cm³/mol. The van der Waals surface area contributed by atoms with Crippen molar-refractivity contribution in [1.29, 1.82) is 0 Å². The number of amides is 1. The number of rotatable bonds is 3. The normalized spacial score (nSPS) is 13.8. The Kier molecular flexibility index (Phi) is 3.24. The lowest BCUT2D eigenvalue weighted by molar-refractivity contribution is -0.114. The molecule has 0 unspecified atom stereocenters. The molecule has 1 aromatic heterocycles. The second-order valence-electron chi connectivity index (χ2n) is 4.49. The second-order valence-corrected chi connectivity index (χ2v) is 4.90. The maximum Gasteiger partial charge on any atom is 0.299 e. The van der Waals surface area contributed by atoms with E-state index in [1.165, 1.54) is 4.90 Å². The SMILES string of the molecule is O=C1C(=O)N(CCc2ccccn2)c2c(Cl)cccc21. The number of para-hydroxylation sites is 1. The molecule has 1 aliphatic heterocycles. The number of anilines is 1. The van der Waals surface area contributed by atoms with Gasteiger partial charge in [-0.3, -0.25) is 14.6 Å². The van der Waals surface area contributed by atoms with E-state index >= 15 is 0 Å². The number of hydrogen-bond donors (Lipinski definition) is 0. The number of halogens is 1. The first kappa shape index (κ1) is 12.8. The van der Waals surface area contributed by atoms with Crippen molar-refractivity contribution in [2.24, 2.45) is 0 Å². The van der Waals surface area contributed by atoms with Crippen LogP contribution < -0.4 is 4.90 Å². The Morgan fingerprint density at radius 3 is 2.70 bits per heavy atom. The number of pyridine rings is 1. The van der Waals surface area contributed by atoms with Crippen LogP contribution in [0.2, 0.25) is 5.02 Å². The molecule has 0 radical (unpaired) electrons. The summed E-state index contributed by atoms with van der Waals surface area (Å²) in [5.41, 5.74) is 1.76. The molecule has 0 atom stereocenters. The highest BCUT2D eigenvalue weighted by Crippen LogP contribution is 2.35. The molecule has 0 saturated carbocycles. The standard InChI is InChI=1S/C15H11ClN2O2/c16-12-6-3-5-11-13(12)18(15(20)14(11)19)9-7-10-4-1-2-8-17-10/h1-6,8H,7,9H2. The van der Waals surface area contributed by atoms with Gasteiger partial charge in [-0.05, 0) is 24.3 Å². The van der Waals surface area contributed by atoms with E-state index in [9.17, 15) is 9.59 Å². The number of aromatic nitrogens is 1. The number of fused-ring (bicyclic) bond motifs is 1. The molecular formula is C15H11ClN2O2. The van der Waals surface area contributed by atoms with E-state index in [1.54, 1.807) is 24.4 Å². The molecule has 4 nitrogen and oxygen atoms in total. The molecule has 2 aromatic rings. The zero-order chi connectivity index (χ0) is 14.1. The van der Waals surface area contributed by atoms with Crippen LogP contribution in [0.15, 0.2) is 42.6 Å². The van der Waals surface area contributed by atoms with Gasteiger partial charge in [0.05, 0.1) is 16.3 Å². The quantitative estimate of drug-likeness (QED) is 0.815. The first-order chi connectivity index (χ1) is 9.68. The molecule has 0 aliphatic carbocycles. The number of carbonyl (C=O) groups excluding carboxylic acids is 2. The van der Waals surface area contributed by atoms with Crippen LogP contribution >= 0.6 is 11.6 Å². The van der Waals surface area contributed by atoms with E-state index in [1.807, 2.05) is 18.2 Å². The fourth-order valence-corrected chi connectivity index (χ4v) is 2.57. The van der Waals surface area contributed by atoms with Crippen molar-refractivity contribution in [3.05, 3.63) is 58.9 Å². The van der Waals surface area contributed by atoms with Gasteiger partial charge in [-0.1, -0.05) is 23.7 Å². The fourth-order valence-electron chi connectivity index (χ4n) is 2.30. The fraction of sp³-hybridized carbons (Fsp3) is 0.133. The highest BCUT2D eigenvalue weighted by molar-refractivity contribution is 6.54. The minimum atomic E-state index is -0.524. The zero-order valence-electron chi connectivity index (χ0n) is 10.5. The summed E-state index contributed by atoms with van der Waals surface area (Å²) < 4.78 is 0. The minimum Gasteiger partial charge on any atom is -0.303 e. The van der Waals surface area contributed by atoms with Crippen molar-refractivity contribution in [2.75, 3.05) is 11.4 Å². The molecular weight excluding hydrogens is 276 g/mol. The summed E-state index contributed by atoms with van der Waals surface area (Å²) in [6, 6.07) is 10.6. The lowest BCUT2D eigenvalue weighted by Crippen LogP contribution is -2.31. The van der Waals surface area contributed by atoms with Crippen LogP contribution in [0.3, 0.4) is 0 Å². The van der Waals surface area contributed by atoms with E-state index in [4.69, 9.17) is 11.6 Å². The molecule has 2 heterocycles. The third kappa shape index (κ3) is 2.08. The van der Waals surface area contributed by atoms with Crippen LogP contribution in [-0.4, -0.2) is 23.2 Å². The molecule has 0 saturated heterocycles. The average molecular weight is 287 g/mol. The van der Waals surface area contributed by atoms with E-state index in [2.05, 4.69) is 4.98 Å². The van der Waals surface area contributed by atoms with Gasteiger partial charge >= 0.3 is 0 Å². The van der Waals surface area contributed by atoms with Gasteiger partial charge in [-0.2, -0.15) is 0 Å². The van der Waals surface area contributed by atoms with E-state index in [0.29, 0.717) is 29.2 Å². The zero-order valence-corrected chi connectivity index (χ0v) is 11.3. The van der Waals surface area contributed by atoms with Gasteiger partial charge < -0.3 is 4.90 Å². The van der Waals surface area contributed by atoms with Crippen LogP contribution in [0, 0.1) is 0 Å². The molecule has 3 rings (SSSR count). The Bertz CT molecular complexity index is 686. The highest BCUT2D eigenvalue weighted by Gasteiger charge is 2.36. The minimum absolute atomic E-state index is 0.378. The lowest BCUT2D eigenvalue weighted by atomic mass is 10.1. The Labute approximate surface area is 121 Å². The third-order valence-electron chi connectivity index (χ3n) is 3.26. The summed E-state index contributed by atoms with van der Waals surface area (Å²) in [7, 11) is 0. The smallest absolute Gasteiger partial charge is 0.299 e. The molecule has 5 heteroatoms. The topological polar surface area (TPSA) is 50.3 Å². The van der Waals surface area contributed by atoms with Crippen molar-refractivity contribution in [1.82, 2.24) is 4.98 Å². The molecule has 100 valence electrons. The van der Waals surface area contributed by atoms with Gasteiger partial charge in [0.1, 0.15) is 0 Å². The van der Waals surface area contributed by atoms with Crippen LogP contribution in [0.25, 0.3) is 0 Å².